The molecule has 240 valence electrons. The molecule has 49 heavy (non-hydrogen) atoms. The number of benzene rings is 4. The van der Waals surface area contributed by atoms with Crippen LogP contribution in [0.5, 0.6) is 0 Å². The molecular formula is C46H41N3. The predicted molar refractivity (Wildman–Crippen MR) is 204 cm³/mol. The van der Waals surface area contributed by atoms with Gasteiger partial charge in [0.15, 0.2) is 0 Å². The molecule has 3 heteroatoms. The Balaban J connectivity index is 1.31. The van der Waals surface area contributed by atoms with Crippen LogP contribution in [0.15, 0.2) is 165 Å². The van der Waals surface area contributed by atoms with E-state index in [4.69, 9.17) is 0 Å². The van der Waals surface area contributed by atoms with Crippen LogP contribution in [-0.2, 0) is 0 Å². The Morgan fingerprint density at radius 2 is 0.776 bits per heavy atom. The van der Waals surface area contributed by atoms with Crippen molar-refractivity contribution in [1.82, 2.24) is 15.0 Å². The number of hydrogen-bond donors (Lipinski definition) is 0. The molecule has 0 fully saturated rings. The van der Waals surface area contributed by atoms with Gasteiger partial charge >= 0.3 is 0 Å². The Bertz CT molecular complexity index is 2020. The number of nitrogens with zero attached hydrogens (tertiary/aromatic N) is 3. The molecule has 3 aromatic heterocycles. The van der Waals surface area contributed by atoms with Gasteiger partial charge in [0.05, 0.1) is 0 Å². The summed E-state index contributed by atoms with van der Waals surface area (Å²) in [7, 11) is 0. The Morgan fingerprint density at radius 1 is 0.367 bits per heavy atom. The smallest absolute Gasteiger partial charge is 0.0346 e. The van der Waals surface area contributed by atoms with Crippen LogP contribution in [-0.4, -0.2) is 15.0 Å². The molecule has 0 spiro atoms. The summed E-state index contributed by atoms with van der Waals surface area (Å²) in [6.45, 7) is 4.62. The van der Waals surface area contributed by atoms with Gasteiger partial charge in [0.25, 0.3) is 0 Å². The first kappa shape index (κ1) is 31.9. The highest BCUT2D eigenvalue weighted by atomic mass is 14.6. The van der Waals surface area contributed by atoms with Gasteiger partial charge in [-0.15, -0.1) is 0 Å². The van der Waals surface area contributed by atoms with Crippen LogP contribution in [0.4, 0.5) is 0 Å². The molecule has 4 aromatic carbocycles. The summed E-state index contributed by atoms with van der Waals surface area (Å²) in [5, 5.41) is 0. The van der Waals surface area contributed by atoms with Gasteiger partial charge in [-0.25, -0.2) is 0 Å². The Morgan fingerprint density at radius 3 is 1.24 bits per heavy atom. The second-order valence-corrected chi connectivity index (χ2v) is 12.8. The summed E-state index contributed by atoms with van der Waals surface area (Å²) in [4.78, 5) is 13.0. The lowest BCUT2D eigenvalue weighted by Gasteiger charge is -2.23. The highest BCUT2D eigenvalue weighted by molar-refractivity contribution is 5.84. The maximum atomic E-state index is 4.37. The van der Waals surface area contributed by atoms with Crippen molar-refractivity contribution in [3.05, 3.63) is 176 Å². The van der Waals surface area contributed by atoms with E-state index >= 15 is 0 Å². The fraction of sp³-hybridized carbons (Fsp3) is 0.152. The molecular weight excluding hydrogens is 595 g/mol. The molecule has 0 saturated carbocycles. The standard InChI is InChI=1S/C46H41N3/c1-3-33(35-18-22-47-23-19-35)24-34(4-2)36-10-5-13-39(25-36)44-28-45(40-14-6-11-37(26-40)42-16-8-20-48-31-42)30-46(29-44)41-15-7-12-38(27-41)43-17-9-21-49-32-43/h5-23,25-34H,3-4,24H2,1-2H3. The van der Waals surface area contributed by atoms with Crippen molar-refractivity contribution in [3.63, 3.8) is 0 Å². The molecule has 3 heterocycles. The van der Waals surface area contributed by atoms with E-state index in [9.17, 15) is 0 Å². The van der Waals surface area contributed by atoms with E-state index in [2.05, 4.69) is 144 Å². The summed E-state index contributed by atoms with van der Waals surface area (Å²) < 4.78 is 0. The summed E-state index contributed by atoms with van der Waals surface area (Å²) in [6, 6.07) is 46.4. The third-order valence-electron chi connectivity index (χ3n) is 9.74. The van der Waals surface area contributed by atoms with E-state index in [0.717, 1.165) is 41.5 Å². The quantitative estimate of drug-likeness (QED) is 0.142. The first-order valence-electron chi connectivity index (χ1n) is 17.4. The number of aromatic nitrogens is 3. The van der Waals surface area contributed by atoms with Gasteiger partial charge < -0.3 is 0 Å². The molecule has 2 unspecified atom stereocenters. The molecule has 0 aliphatic heterocycles. The molecule has 0 saturated heterocycles. The van der Waals surface area contributed by atoms with Crippen molar-refractivity contribution in [2.24, 2.45) is 0 Å². The summed E-state index contributed by atoms with van der Waals surface area (Å²) in [6.07, 6.45) is 14.7. The van der Waals surface area contributed by atoms with Gasteiger partial charge in [0.1, 0.15) is 0 Å². The first-order valence-corrected chi connectivity index (χ1v) is 17.4. The lowest BCUT2D eigenvalue weighted by molar-refractivity contribution is 0.508. The van der Waals surface area contributed by atoms with Crippen molar-refractivity contribution in [2.75, 3.05) is 0 Å². The molecule has 0 radical (unpaired) electrons. The van der Waals surface area contributed by atoms with Crippen molar-refractivity contribution in [3.8, 4) is 55.6 Å². The Hall–Kier alpha value is -5.67. The number of hydrogen-bond acceptors (Lipinski definition) is 3. The van der Waals surface area contributed by atoms with Crippen molar-refractivity contribution < 1.29 is 0 Å². The van der Waals surface area contributed by atoms with Crippen LogP contribution >= 0.6 is 0 Å². The average Bonchev–Trinajstić information content (AvgIpc) is 3.19. The molecule has 3 nitrogen and oxygen atoms in total. The highest BCUT2D eigenvalue weighted by Gasteiger charge is 2.18. The minimum Gasteiger partial charge on any atom is -0.265 e. The zero-order valence-electron chi connectivity index (χ0n) is 28.2. The second-order valence-electron chi connectivity index (χ2n) is 12.8. The van der Waals surface area contributed by atoms with Crippen molar-refractivity contribution >= 4 is 0 Å². The lowest BCUT2D eigenvalue weighted by Crippen LogP contribution is -2.06. The summed E-state index contributed by atoms with van der Waals surface area (Å²) in [5.74, 6) is 0.971. The molecule has 0 N–H and O–H groups in total. The van der Waals surface area contributed by atoms with Crippen LogP contribution in [0, 0.1) is 0 Å². The fourth-order valence-electron chi connectivity index (χ4n) is 6.98. The van der Waals surface area contributed by atoms with E-state index in [1.807, 2.05) is 49.3 Å². The van der Waals surface area contributed by atoms with Gasteiger partial charge in [-0.2, -0.15) is 0 Å². The van der Waals surface area contributed by atoms with Gasteiger partial charge in [-0.1, -0.05) is 86.6 Å². The van der Waals surface area contributed by atoms with Gasteiger partial charge in [-0.05, 0) is 141 Å². The third-order valence-corrected chi connectivity index (χ3v) is 9.74. The second kappa shape index (κ2) is 15.0. The van der Waals surface area contributed by atoms with Gasteiger partial charge in [0.2, 0.25) is 0 Å². The molecule has 0 amide bonds. The minimum absolute atomic E-state index is 0.466. The fourth-order valence-corrected chi connectivity index (χ4v) is 6.98. The number of pyridine rings is 3. The number of rotatable bonds is 11. The maximum Gasteiger partial charge on any atom is 0.0346 e. The van der Waals surface area contributed by atoms with E-state index < -0.39 is 0 Å². The monoisotopic (exact) mass is 635 g/mol. The predicted octanol–water partition coefficient (Wildman–Crippen LogP) is 12.3. The Kier molecular flexibility index (Phi) is 9.79. The van der Waals surface area contributed by atoms with Crippen LogP contribution in [0.2, 0.25) is 0 Å². The average molecular weight is 636 g/mol. The van der Waals surface area contributed by atoms with Crippen molar-refractivity contribution in [1.29, 1.82) is 0 Å². The Labute approximate surface area is 290 Å². The van der Waals surface area contributed by atoms with Crippen molar-refractivity contribution in [2.45, 2.75) is 44.9 Å². The van der Waals surface area contributed by atoms with E-state index in [1.54, 1.807) is 0 Å². The topological polar surface area (TPSA) is 38.7 Å². The largest absolute Gasteiger partial charge is 0.265 e. The SMILES string of the molecule is CCC(CC(CC)c1cccc(-c2cc(-c3cccc(-c4cccnc4)c3)cc(-c3cccc(-c4cccnc4)c3)c2)c1)c1ccncc1. The first-order chi connectivity index (χ1) is 24.2. The lowest BCUT2D eigenvalue weighted by atomic mass is 9.82. The summed E-state index contributed by atoms with van der Waals surface area (Å²) in [5.41, 5.74) is 14.5. The zero-order valence-corrected chi connectivity index (χ0v) is 28.2. The normalized spacial score (nSPS) is 12.4. The van der Waals surface area contributed by atoms with E-state index in [1.165, 1.54) is 44.5 Å². The van der Waals surface area contributed by atoms with Crippen LogP contribution in [0.25, 0.3) is 55.6 Å². The van der Waals surface area contributed by atoms with E-state index in [-0.39, 0.29) is 0 Å². The zero-order chi connectivity index (χ0) is 33.4. The van der Waals surface area contributed by atoms with E-state index in [0.29, 0.717) is 11.8 Å². The molecule has 7 aromatic rings. The summed E-state index contributed by atoms with van der Waals surface area (Å²) >= 11 is 0. The minimum atomic E-state index is 0.466. The highest BCUT2D eigenvalue weighted by Crippen LogP contribution is 2.38. The van der Waals surface area contributed by atoms with Gasteiger partial charge in [-0.3, -0.25) is 15.0 Å². The van der Waals surface area contributed by atoms with Gasteiger partial charge in [0, 0.05) is 48.3 Å². The van der Waals surface area contributed by atoms with Crippen LogP contribution in [0.3, 0.4) is 0 Å². The molecule has 0 bridgehead atoms. The van der Waals surface area contributed by atoms with Crippen LogP contribution in [0.1, 0.15) is 56.1 Å². The maximum absolute atomic E-state index is 4.37. The molecule has 7 rings (SSSR count). The molecule has 2 atom stereocenters. The van der Waals surface area contributed by atoms with Crippen LogP contribution < -0.4 is 0 Å². The third kappa shape index (κ3) is 7.42. The molecule has 0 aliphatic carbocycles. The molecule has 0 aliphatic rings.